The molecule has 0 amide bonds. The zero-order valence-electron chi connectivity index (χ0n) is 30.7. The fourth-order valence-electron chi connectivity index (χ4n) is 5.63. The van der Waals surface area contributed by atoms with Crippen molar-refractivity contribution in [1.82, 2.24) is 0 Å². The van der Waals surface area contributed by atoms with Gasteiger partial charge in [0.05, 0.1) is 30.5 Å². The lowest BCUT2D eigenvalue weighted by Crippen LogP contribution is -2.58. The van der Waals surface area contributed by atoms with E-state index in [1.54, 1.807) is 31.2 Å². The molecule has 11 N–H and O–H groups in total. The number of thiocarbonyl (C=S) groups is 1. The minimum Gasteiger partial charge on any atom is -0.462 e. The molecule has 2 aromatic rings. The number of hydrogen-bond donors (Lipinski definition) is 11. The maximum atomic E-state index is 11.0. The molecule has 0 aromatic heterocycles. The van der Waals surface area contributed by atoms with Crippen LogP contribution in [-0.2, 0) is 41.9 Å². The van der Waals surface area contributed by atoms with Crippen LogP contribution in [0.1, 0.15) is 25.0 Å². The highest BCUT2D eigenvalue weighted by Crippen LogP contribution is 2.31. The summed E-state index contributed by atoms with van der Waals surface area (Å²) in [6.07, 6.45) is -18.1. The first kappa shape index (κ1) is 47.7. The number of thioether (sulfide) groups is 1. The van der Waals surface area contributed by atoms with E-state index >= 15 is 0 Å². The third-order valence-corrected chi connectivity index (χ3v) is 10.5. The number of aliphatic imine (C=N–C) groups is 1. The van der Waals surface area contributed by atoms with E-state index in [2.05, 4.69) is 31.8 Å². The summed E-state index contributed by atoms with van der Waals surface area (Å²) in [4.78, 5) is 3.83. The summed E-state index contributed by atoms with van der Waals surface area (Å²) >= 11 is 5.13. The predicted octanol–water partition coefficient (Wildman–Crippen LogP) is -2.40. The molecular formula is C34H46N2O19S3. The molecule has 58 heavy (non-hydrogen) atoms. The van der Waals surface area contributed by atoms with Gasteiger partial charge in [0.2, 0.25) is 12.6 Å². The molecule has 3 heterocycles. The van der Waals surface area contributed by atoms with Gasteiger partial charge in [-0.3, -0.25) is 4.55 Å². The summed E-state index contributed by atoms with van der Waals surface area (Å²) in [5.74, 6) is 0.697. The Morgan fingerprint density at radius 1 is 0.707 bits per heavy atom. The average Bonchev–Trinajstić information content (AvgIpc) is 3.19. The second-order valence-electron chi connectivity index (χ2n) is 13.3. The third-order valence-electron chi connectivity index (χ3n) is 8.98. The molecule has 0 bridgehead atoms. The normalized spacial score (nSPS) is 35.5. The lowest BCUT2D eigenvalue weighted by Gasteiger charge is -2.39. The molecule has 324 valence electrons. The number of aliphatic hydroxyl groups is 10. The summed E-state index contributed by atoms with van der Waals surface area (Å²) in [7, 11) is -4.97. The third kappa shape index (κ3) is 13.0. The molecule has 0 radical (unpaired) electrons. The zero-order valence-corrected chi connectivity index (χ0v) is 33.2. The Morgan fingerprint density at radius 3 is 1.62 bits per heavy atom. The molecule has 3 fully saturated rings. The summed E-state index contributed by atoms with van der Waals surface area (Å²) < 4.78 is 62.2. The Morgan fingerprint density at radius 2 is 1.17 bits per heavy atom. The standard InChI is InChI=1S/C20H29NO14S2.C14H17NO5S/c1-8-13(23)15(25)17(27)19(32-8)33-10-4-2-9(3-5-10)6-12(21-35-37(29,30)31)36-20-18(28)16(26)14(24)11(7-22)34-20;1-8-11(16)12(17)13(18)14(19-8)20-10-4-2-9(3-5-10)6-15-7-21/h2-5,8,11,13-20,22-28H,6-7H2,1H3,(H,29,30,31);2-5,8,11-14,16-18H,6H2,1H3/b21-12-;. The Hall–Kier alpha value is -2.95. The molecule has 3 aliphatic heterocycles. The van der Waals surface area contributed by atoms with Crippen molar-refractivity contribution in [2.45, 2.75) is 118 Å². The Kier molecular flexibility index (Phi) is 17.7. The quantitative estimate of drug-likeness (QED) is 0.0348. The van der Waals surface area contributed by atoms with Crippen molar-refractivity contribution >= 4 is 44.6 Å². The van der Waals surface area contributed by atoms with Gasteiger partial charge in [0, 0.05) is 6.42 Å². The van der Waals surface area contributed by atoms with Gasteiger partial charge in [0.25, 0.3) is 0 Å². The van der Waals surface area contributed by atoms with Gasteiger partial charge in [-0.25, -0.2) is 9.28 Å². The van der Waals surface area contributed by atoms with Crippen LogP contribution in [0.4, 0.5) is 0 Å². The second-order valence-corrected chi connectivity index (χ2v) is 15.6. The molecule has 0 saturated carbocycles. The van der Waals surface area contributed by atoms with Crippen LogP contribution in [0.15, 0.2) is 58.7 Å². The maximum Gasteiger partial charge on any atom is 0.466 e. The number of hydrogen-bond acceptors (Lipinski definition) is 22. The number of oxime groups is 1. The molecular weight excluding hydrogens is 837 g/mol. The van der Waals surface area contributed by atoms with Crippen molar-refractivity contribution < 1.29 is 92.0 Å². The van der Waals surface area contributed by atoms with Gasteiger partial charge in [-0.1, -0.05) is 41.2 Å². The fourth-order valence-corrected chi connectivity index (χ4v) is 7.02. The topological polar surface area (TPSA) is 337 Å². The van der Waals surface area contributed by atoms with Crippen LogP contribution in [0.3, 0.4) is 0 Å². The van der Waals surface area contributed by atoms with Crippen LogP contribution in [0.5, 0.6) is 11.5 Å². The smallest absolute Gasteiger partial charge is 0.462 e. The molecule has 21 nitrogen and oxygen atoms in total. The van der Waals surface area contributed by atoms with E-state index in [1.807, 2.05) is 0 Å². The lowest BCUT2D eigenvalue weighted by molar-refractivity contribution is -0.268. The van der Waals surface area contributed by atoms with Crippen LogP contribution < -0.4 is 9.47 Å². The highest BCUT2D eigenvalue weighted by atomic mass is 32.3. The van der Waals surface area contributed by atoms with Gasteiger partial charge in [0.1, 0.15) is 83.0 Å². The van der Waals surface area contributed by atoms with Crippen LogP contribution in [0.25, 0.3) is 0 Å². The van der Waals surface area contributed by atoms with Gasteiger partial charge in [0.15, 0.2) is 0 Å². The van der Waals surface area contributed by atoms with Crippen LogP contribution in [0.2, 0.25) is 0 Å². The number of isothiocyanates is 1. The van der Waals surface area contributed by atoms with Gasteiger partial charge in [-0.15, -0.1) is 0 Å². The summed E-state index contributed by atoms with van der Waals surface area (Å²) in [6.45, 7) is 2.87. The van der Waals surface area contributed by atoms with E-state index in [0.717, 1.165) is 5.56 Å². The molecule has 0 aliphatic carbocycles. The van der Waals surface area contributed by atoms with Crippen molar-refractivity contribution in [2.75, 3.05) is 6.61 Å². The van der Waals surface area contributed by atoms with Crippen molar-refractivity contribution in [3.05, 3.63) is 59.7 Å². The fraction of sp³-hybridized carbons (Fsp3) is 0.588. The average molecular weight is 883 g/mol. The summed E-state index contributed by atoms with van der Waals surface area (Å²) in [5.41, 5.74) is 0.139. The highest BCUT2D eigenvalue weighted by Gasteiger charge is 2.46. The first-order valence-corrected chi connectivity index (χ1v) is 20.1. The van der Waals surface area contributed by atoms with Gasteiger partial charge in [-0.05, 0) is 61.5 Å². The van der Waals surface area contributed by atoms with Crippen molar-refractivity contribution in [1.29, 1.82) is 0 Å². The Bertz CT molecular complexity index is 1790. The minimum absolute atomic E-state index is 0.125. The molecule has 3 saturated heterocycles. The number of aliphatic hydroxyl groups excluding tert-OH is 10. The summed E-state index contributed by atoms with van der Waals surface area (Å²) in [5, 5.41) is 104. The van der Waals surface area contributed by atoms with Crippen molar-refractivity contribution in [3.8, 4) is 11.5 Å². The molecule has 15 unspecified atom stereocenters. The second kappa shape index (κ2) is 21.5. The van der Waals surface area contributed by atoms with Crippen LogP contribution in [-0.4, -0.2) is 172 Å². The molecule has 15 atom stereocenters. The van der Waals surface area contributed by atoms with Gasteiger partial charge in [-0.2, -0.15) is 8.42 Å². The van der Waals surface area contributed by atoms with Crippen molar-refractivity contribution in [3.63, 3.8) is 0 Å². The number of ether oxygens (including phenoxy) is 5. The molecule has 3 aliphatic rings. The van der Waals surface area contributed by atoms with E-state index in [9.17, 15) is 59.5 Å². The van der Waals surface area contributed by atoms with Crippen LogP contribution in [0, 0.1) is 0 Å². The van der Waals surface area contributed by atoms with Gasteiger partial charge >= 0.3 is 10.4 Å². The predicted molar refractivity (Wildman–Crippen MR) is 203 cm³/mol. The van der Waals surface area contributed by atoms with E-state index in [1.165, 1.54) is 31.2 Å². The van der Waals surface area contributed by atoms with E-state index in [0.29, 0.717) is 29.6 Å². The lowest BCUT2D eigenvalue weighted by atomic mass is 10.00. The Labute approximate surface area is 341 Å². The maximum absolute atomic E-state index is 11.0. The van der Waals surface area contributed by atoms with E-state index < -0.39 is 108 Å². The molecule has 2 aromatic carbocycles. The number of rotatable bonds is 12. The largest absolute Gasteiger partial charge is 0.466 e. The SMILES string of the molecule is CC1OC(Oc2ccc(C/C(=N/OS(=O)(=O)O)SC3OC(CO)C(O)C(O)C3O)cc2)C(O)C(O)C1O.CC1OC(Oc2ccc(CN=C=S)cc2)C(O)C(O)C1O. The van der Waals surface area contributed by atoms with E-state index in [4.69, 9.17) is 28.2 Å². The van der Waals surface area contributed by atoms with E-state index in [-0.39, 0.29) is 17.2 Å². The highest BCUT2D eigenvalue weighted by molar-refractivity contribution is 8.14. The minimum atomic E-state index is -4.97. The first-order valence-electron chi connectivity index (χ1n) is 17.5. The molecule has 5 rings (SSSR count). The number of nitrogens with zero attached hydrogens (tertiary/aromatic N) is 2. The Balaban J connectivity index is 0.000000299. The van der Waals surface area contributed by atoms with Crippen LogP contribution >= 0.6 is 24.0 Å². The zero-order chi connectivity index (χ0) is 42.9. The monoisotopic (exact) mass is 882 g/mol. The van der Waals surface area contributed by atoms with Crippen molar-refractivity contribution in [2.24, 2.45) is 10.1 Å². The first-order chi connectivity index (χ1) is 27.3. The van der Waals surface area contributed by atoms with Gasteiger partial charge < -0.3 is 74.7 Å². The molecule has 0 spiro atoms. The number of benzene rings is 2. The molecule has 24 heteroatoms. The summed E-state index contributed by atoms with van der Waals surface area (Å²) in [6, 6.07) is 13.0.